The van der Waals surface area contributed by atoms with Crippen LogP contribution in [0.2, 0.25) is 0 Å². The molecule has 3 aromatic heterocycles. The van der Waals surface area contributed by atoms with Crippen LogP contribution in [-0.2, 0) is 5.54 Å². The second-order valence-electron chi connectivity index (χ2n) is 8.86. The molecular formula is C25H20N6O2. The highest BCUT2D eigenvalue weighted by Gasteiger charge is 2.50. The summed E-state index contributed by atoms with van der Waals surface area (Å²) >= 11 is 0. The Morgan fingerprint density at radius 1 is 0.970 bits per heavy atom. The van der Waals surface area contributed by atoms with Gasteiger partial charge < -0.3 is 25.6 Å². The van der Waals surface area contributed by atoms with Crippen molar-refractivity contribution in [3.05, 3.63) is 76.5 Å². The lowest BCUT2D eigenvalue weighted by atomic mass is 9.78. The summed E-state index contributed by atoms with van der Waals surface area (Å²) < 4.78 is 0. The Bertz CT molecular complexity index is 1680. The van der Waals surface area contributed by atoms with Crippen LogP contribution in [0.4, 0.5) is 4.79 Å². The minimum absolute atomic E-state index is 0.0924. The molecular weight excluding hydrogens is 416 g/mol. The predicted molar refractivity (Wildman–Crippen MR) is 126 cm³/mol. The lowest BCUT2D eigenvalue weighted by Gasteiger charge is -2.34. The molecule has 4 heterocycles. The predicted octanol–water partition coefficient (Wildman–Crippen LogP) is 3.69. The van der Waals surface area contributed by atoms with Crippen molar-refractivity contribution in [2.24, 2.45) is 0 Å². The molecule has 162 valence electrons. The molecule has 33 heavy (non-hydrogen) atoms. The van der Waals surface area contributed by atoms with E-state index < -0.39 is 5.54 Å². The van der Waals surface area contributed by atoms with Gasteiger partial charge in [0.2, 0.25) is 0 Å². The maximum Gasteiger partial charge on any atom is 0.315 e. The zero-order valence-corrected chi connectivity index (χ0v) is 17.7. The van der Waals surface area contributed by atoms with Gasteiger partial charge in [-0.05, 0) is 17.7 Å². The minimum atomic E-state index is -0.808. The van der Waals surface area contributed by atoms with Crippen molar-refractivity contribution in [1.29, 1.82) is 0 Å². The fourth-order valence-electron chi connectivity index (χ4n) is 5.57. The second-order valence-corrected chi connectivity index (χ2v) is 8.86. The number of carbonyl (C=O) groups is 1. The van der Waals surface area contributed by atoms with E-state index in [2.05, 4.69) is 38.6 Å². The second kappa shape index (κ2) is 6.13. The van der Waals surface area contributed by atoms with Crippen molar-refractivity contribution in [2.75, 3.05) is 6.54 Å². The fraction of sp³-hybridized carbons (Fsp3) is 0.160. The number of benzene rings is 2. The van der Waals surface area contributed by atoms with Crippen LogP contribution in [-0.4, -0.2) is 32.5 Å². The van der Waals surface area contributed by atoms with Gasteiger partial charge in [0.1, 0.15) is 11.2 Å². The van der Waals surface area contributed by atoms with E-state index in [4.69, 9.17) is 4.98 Å². The Morgan fingerprint density at radius 2 is 1.76 bits per heavy atom. The van der Waals surface area contributed by atoms with Gasteiger partial charge >= 0.3 is 6.03 Å². The summed E-state index contributed by atoms with van der Waals surface area (Å²) in [5.74, 6) is -0.0924. The summed E-state index contributed by atoms with van der Waals surface area (Å²) in [4.78, 5) is 40.6. The molecule has 0 bridgehead atoms. The van der Waals surface area contributed by atoms with Gasteiger partial charge in [-0.1, -0.05) is 37.3 Å². The number of fused-ring (bicyclic) bond motifs is 4. The van der Waals surface area contributed by atoms with Crippen molar-refractivity contribution < 1.29 is 4.79 Å². The van der Waals surface area contributed by atoms with Gasteiger partial charge in [-0.25, -0.2) is 9.78 Å². The van der Waals surface area contributed by atoms with Crippen molar-refractivity contribution in [2.45, 2.75) is 18.4 Å². The van der Waals surface area contributed by atoms with E-state index in [-0.39, 0.29) is 17.5 Å². The van der Waals surface area contributed by atoms with Gasteiger partial charge in [0.15, 0.2) is 0 Å². The first-order chi connectivity index (χ1) is 16.1. The molecule has 8 nitrogen and oxygen atoms in total. The molecule has 0 unspecified atom stereocenters. The molecule has 1 aliphatic carbocycles. The van der Waals surface area contributed by atoms with Crippen molar-refractivity contribution in [1.82, 2.24) is 30.6 Å². The molecule has 0 saturated carbocycles. The number of urea groups is 1. The zero-order valence-electron chi connectivity index (χ0n) is 17.7. The maximum absolute atomic E-state index is 13.4. The first-order valence-electron chi connectivity index (χ1n) is 10.9. The Kier molecular flexibility index (Phi) is 3.39. The number of aromatic amines is 3. The molecule has 1 aliphatic heterocycles. The standard InChI is InChI=1S/C25H20N6O2/c1-12-13-6-4-8-18-19(13)16(10-27-18)20-22(25(12)11-28-24(33)31-25)29-21(23(32)30-20)15-9-26-17-7-3-2-5-14(15)17/h2-10,12,26-27H,11H2,1H3,(H,30,32)(H2,28,31,33)/t12-,25-/m0/s1. The van der Waals surface area contributed by atoms with Gasteiger partial charge in [0, 0.05) is 57.8 Å². The van der Waals surface area contributed by atoms with E-state index in [0.29, 0.717) is 23.6 Å². The van der Waals surface area contributed by atoms with Crippen LogP contribution in [0, 0.1) is 0 Å². The smallest absolute Gasteiger partial charge is 0.315 e. The summed E-state index contributed by atoms with van der Waals surface area (Å²) in [6.45, 7) is 2.48. The highest BCUT2D eigenvalue weighted by atomic mass is 16.2. The summed E-state index contributed by atoms with van der Waals surface area (Å²) in [5.41, 5.74) is 5.17. The van der Waals surface area contributed by atoms with Gasteiger partial charge in [0.05, 0.1) is 11.4 Å². The molecule has 1 fully saturated rings. The van der Waals surface area contributed by atoms with Gasteiger partial charge in [-0.3, -0.25) is 4.79 Å². The number of hydrogen-bond donors (Lipinski definition) is 5. The van der Waals surface area contributed by atoms with Crippen molar-refractivity contribution in [3.8, 4) is 22.5 Å². The van der Waals surface area contributed by atoms with E-state index >= 15 is 0 Å². The molecule has 8 heteroatoms. The van der Waals surface area contributed by atoms with Crippen LogP contribution in [0.25, 0.3) is 44.3 Å². The molecule has 5 N–H and O–H groups in total. The number of hydrogen-bond acceptors (Lipinski definition) is 3. The molecule has 2 aliphatic rings. The molecule has 1 spiro atoms. The summed E-state index contributed by atoms with van der Waals surface area (Å²) in [5, 5.41) is 8.06. The largest absolute Gasteiger partial charge is 0.360 e. The van der Waals surface area contributed by atoms with Crippen molar-refractivity contribution in [3.63, 3.8) is 0 Å². The summed E-state index contributed by atoms with van der Waals surface area (Å²) in [6.07, 6.45) is 3.72. The molecule has 0 radical (unpaired) electrons. The van der Waals surface area contributed by atoms with Crippen LogP contribution >= 0.6 is 0 Å². The molecule has 2 atom stereocenters. The lowest BCUT2D eigenvalue weighted by molar-refractivity contribution is 0.241. The normalized spacial score (nSPS) is 21.2. The van der Waals surface area contributed by atoms with Crippen molar-refractivity contribution >= 4 is 27.8 Å². The Balaban J connectivity index is 1.59. The lowest BCUT2D eigenvalue weighted by Crippen LogP contribution is -2.46. The zero-order chi connectivity index (χ0) is 22.3. The van der Waals surface area contributed by atoms with E-state index in [1.54, 1.807) is 0 Å². The number of nitrogens with one attached hydrogen (secondary N) is 5. The average molecular weight is 436 g/mol. The third kappa shape index (κ3) is 2.27. The van der Waals surface area contributed by atoms with Gasteiger partial charge in [-0.15, -0.1) is 0 Å². The number of H-pyrrole nitrogens is 3. The molecule has 5 aromatic rings. The Hall–Kier alpha value is -4.33. The highest BCUT2D eigenvalue weighted by Crippen LogP contribution is 2.48. The quantitative estimate of drug-likeness (QED) is 0.276. The first-order valence-corrected chi connectivity index (χ1v) is 10.9. The number of para-hydroxylation sites is 1. The highest BCUT2D eigenvalue weighted by molar-refractivity contribution is 6.00. The summed E-state index contributed by atoms with van der Waals surface area (Å²) in [7, 11) is 0. The van der Waals surface area contributed by atoms with Crippen LogP contribution in [0.5, 0.6) is 0 Å². The van der Waals surface area contributed by atoms with Gasteiger partial charge in [0.25, 0.3) is 5.56 Å². The van der Waals surface area contributed by atoms with E-state index in [1.165, 1.54) is 0 Å². The first kappa shape index (κ1) is 18.3. The minimum Gasteiger partial charge on any atom is -0.360 e. The molecule has 2 amide bonds. The number of rotatable bonds is 1. The summed E-state index contributed by atoms with van der Waals surface area (Å²) in [6, 6.07) is 13.7. The fourth-order valence-corrected chi connectivity index (χ4v) is 5.57. The number of carbonyl (C=O) groups excluding carboxylic acids is 1. The third-order valence-corrected chi connectivity index (χ3v) is 7.26. The van der Waals surface area contributed by atoms with Gasteiger partial charge in [-0.2, -0.15) is 0 Å². The van der Waals surface area contributed by atoms with Crippen LogP contribution in [0.1, 0.15) is 24.1 Å². The molecule has 2 aromatic carbocycles. The molecule has 1 saturated heterocycles. The average Bonchev–Trinajstić information content (AvgIpc) is 3.54. The Labute approximate surface area is 187 Å². The number of amides is 2. The topological polar surface area (TPSA) is 118 Å². The Morgan fingerprint density at radius 3 is 2.61 bits per heavy atom. The number of aromatic nitrogens is 4. The van der Waals surface area contributed by atoms with E-state index in [9.17, 15) is 9.59 Å². The monoisotopic (exact) mass is 436 g/mol. The van der Waals surface area contributed by atoms with E-state index in [1.807, 2.05) is 48.8 Å². The molecule has 7 rings (SSSR count). The van der Waals surface area contributed by atoms with Crippen LogP contribution < -0.4 is 16.2 Å². The SMILES string of the molecule is C[C@H]1c2cccc3[nH]cc(c23)-c2[nH]c(=O)c(-c3c[nH]c4ccccc34)nc2[C@]12CNC(=O)N2. The maximum atomic E-state index is 13.4. The third-order valence-electron chi connectivity index (χ3n) is 7.26. The van der Waals surface area contributed by atoms with Crippen LogP contribution in [0.15, 0.2) is 59.7 Å². The number of nitrogens with zero attached hydrogens (tertiary/aromatic N) is 1. The van der Waals surface area contributed by atoms with E-state index in [0.717, 1.165) is 38.5 Å². The van der Waals surface area contributed by atoms with Crippen LogP contribution in [0.3, 0.4) is 0 Å².